The van der Waals surface area contributed by atoms with Gasteiger partial charge in [0.15, 0.2) is 0 Å². The van der Waals surface area contributed by atoms with Gasteiger partial charge in [0.05, 0.1) is 19.2 Å². The van der Waals surface area contributed by atoms with Gasteiger partial charge in [-0.3, -0.25) is 9.69 Å². The molecule has 1 atom stereocenters. The van der Waals surface area contributed by atoms with Gasteiger partial charge in [-0.05, 0) is 38.6 Å². The first-order valence-corrected chi connectivity index (χ1v) is 6.84. The summed E-state index contributed by atoms with van der Waals surface area (Å²) in [5.74, 6) is -0.279. The summed E-state index contributed by atoms with van der Waals surface area (Å²) in [6.07, 6.45) is 0. The minimum atomic E-state index is -0.280. The van der Waals surface area contributed by atoms with Crippen LogP contribution < -0.4 is 0 Å². The first kappa shape index (κ1) is 16.6. The van der Waals surface area contributed by atoms with Crippen LogP contribution in [0.15, 0.2) is 24.3 Å². The Hall–Kier alpha value is -1.46. The SMILES string of the molecule is CCN(C(=O)CN(C)CCO)C(C)c1ccc(F)cc1. The Morgan fingerprint density at radius 3 is 2.45 bits per heavy atom. The summed E-state index contributed by atoms with van der Waals surface area (Å²) in [5, 5.41) is 8.86. The molecule has 0 fully saturated rings. The van der Waals surface area contributed by atoms with Crippen molar-refractivity contribution >= 4 is 5.91 Å². The third-order valence-corrected chi connectivity index (χ3v) is 3.37. The molecule has 0 aliphatic carbocycles. The van der Waals surface area contributed by atoms with Gasteiger partial charge in [0.2, 0.25) is 5.91 Å². The zero-order chi connectivity index (χ0) is 15.1. The lowest BCUT2D eigenvalue weighted by molar-refractivity contribution is -0.134. The summed E-state index contributed by atoms with van der Waals surface area (Å²) in [7, 11) is 1.80. The maximum atomic E-state index is 12.9. The molecule has 20 heavy (non-hydrogen) atoms. The number of carbonyl (C=O) groups excluding carboxylic acids is 1. The molecule has 1 aromatic rings. The van der Waals surface area contributed by atoms with E-state index in [2.05, 4.69) is 0 Å². The van der Waals surface area contributed by atoms with Crippen LogP contribution in [0.25, 0.3) is 0 Å². The van der Waals surface area contributed by atoms with Gasteiger partial charge < -0.3 is 10.0 Å². The van der Waals surface area contributed by atoms with E-state index in [1.807, 2.05) is 13.8 Å². The first-order chi connectivity index (χ1) is 9.49. The van der Waals surface area contributed by atoms with Crippen LogP contribution in [0.1, 0.15) is 25.5 Å². The molecule has 1 rings (SSSR count). The summed E-state index contributed by atoms with van der Waals surface area (Å²) in [6.45, 7) is 5.20. The van der Waals surface area contributed by atoms with E-state index in [4.69, 9.17) is 5.11 Å². The van der Waals surface area contributed by atoms with Crippen LogP contribution in [0.4, 0.5) is 4.39 Å². The molecule has 5 heteroatoms. The van der Waals surface area contributed by atoms with Gasteiger partial charge in [-0.15, -0.1) is 0 Å². The second-order valence-electron chi connectivity index (χ2n) is 4.87. The molecule has 0 radical (unpaired) electrons. The Kier molecular flexibility index (Phi) is 6.61. The van der Waals surface area contributed by atoms with Crippen molar-refractivity contribution in [1.29, 1.82) is 0 Å². The molecular formula is C15H23FN2O2. The molecule has 1 amide bonds. The molecule has 112 valence electrons. The molecule has 0 saturated carbocycles. The largest absolute Gasteiger partial charge is 0.395 e. The Morgan fingerprint density at radius 1 is 1.35 bits per heavy atom. The molecule has 0 aliphatic heterocycles. The molecule has 1 N–H and O–H groups in total. The highest BCUT2D eigenvalue weighted by Gasteiger charge is 2.20. The fourth-order valence-corrected chi connectivity index (χ4v) is 2.16. The third kappa shape index (κ3) is 4.58. The lowest BCUT2D eigenvalue weighted by Gasteiger charge is -2.30. The summed E-state index contributed by atoms with van der Waals surface area (Å²) in [4.78, 5) is 15.8. The lowest BCUT2D eigenvalue weighted by Crippen LogP contribution is -2.41. The van der Waals surface area contributed by atoms with Crippen molar-refractivity contribution in [2.75, 3.05) is 33.3 Å². The third-order valence-electron chi connectivity index (χ3n) is 3.37. The number of hydrogen-bond donors (Lipinski definition) is 1. The summed E-state index contributed by atoms with van der Waals surface area (Å²) < 4.78 is 12.9. The Bertz CT molecular complexity index is 422. The molecule has 1 unspecified atom stereocenters. The standard InChI is InChI=1S/C15H23FN2O2/c1-4-18(15(20)11-17(3)9-10-19)12(2)13-5-7-14(16)8-6-13/h5-8,12,19H,4,9-11H2,1-3H3. The van der Waals surface area contributed by atoms with Crippen molar-refractivity contribution in [3.05, 3.63) is 35.6 Å². The number of hydrogen-bond acceptors (Lipinski definition) is 3. The van der Waals surface area contributed by atoms with Gasteiger partial charge in [-0.1, -0.05) is 12.1 Å². The molecule has 1 aromatic carbocycles. The summed E-state index contributed by atoms with van der Waals surface area (Å²) >= 11 is 0. The van der Waals surface area contributed by atoms with Gasteiger partial charge in [-0.2, -0.15) is 0 Å². The Balaban J connectivity index is 2.73. The van der Waals surface area contributed by atoms with Crippen LogP contribution in [-0.2, 0) is 4.79 Å². The quantitative estimate of drug-likeness (QED) is 0.827. The molecule has 0 bridgehead atoms. The number of amides is 1. The minimum Gasteiger partial charge on any atom is -0.395 e. The maximum Gasteiger partial charge on any atom is 0.237 e. The molecule has 0 spiro atoms. The highest BCUT2D eigenvalue weighted by atomic mass is 19.1. The normalized spacial score (nSPS) is 12.5. The van der Waals surface area contributed by atoms with E-state index in [1.54, 1.807) is 29.0 Å². The number of benzene rings is 1. The van der Waals surface area contributed by atoms with Gasteiger partial charge in [0.1, 0.15) is 5.82 Å². The van der Waals surface area contributed by atoms with Crippen LogP contribution in [-0.4, -0.2) is 54.1 Å². The van der Waals surface area contributed by atoms with E-state index >= 15 is 0 Å². The molecule has 0 saturated heterocycles. The second kappa shape index (κ2) is 7.97. The fraction of sp³-hybridized carbons (Fsp3) is 0.533. The van der Waals surface area contributed by atoms with Crippen molar-refractivity contribution < 1.29 is 14.3 Å². The van der Waals surface area contributed by atoms with Gasteiger partial charge in [-0.25, -0.2) is 4.39 Å². The Labute approximate surface area is 119 Å². The van der Waals surface area contributed by atoms with Gasteiger partial charge >= 0.3 is 0 Å². The van der Waals surface area contributed by atoms with Gasteiger partial charge in [0.25, 0.3) is 0 Å². The second-order valence-corrected chi connectivity index (χ2v) is 4.87. The van der Waals surface area contributed by atoms with Crippen molar-refractivity contribution in [3.8, 4) is 0 Å². The lowest BCUT2D eigenvalue weighted by atomic mass is 10.1. The summed E-state index contributed by atoms with van der Waals surface area (Å²) in [6, 6.07) is 6.11. The molecule has 0 heterocycles. The van der Waals surface area contributed by atoms with E-state index in [-0.39, 0.29) is 30.9 Å². The number of rotatable bonds is 7. The molecule has 0 aliphatic rings. The summed E-state index contributed by atoms with van der Waals surface area (Å²) in [5.41, 5.74) is 0.909. The number of carbonyl (C=O) groups is 1. The molecule has 0 aromatic heterocycles. The van der Waals surface area contributed by atoms with E-state index < -0.39 is 0 Å². The van der Waals surface area contributed by atoms with E-state index in [1.165, 1.54) is 12.1 Å². The molecule has 4 nitrogen and oxygen atoms in total. The maximum absolute atomic E-state index is 12.9. The number of nitrogens with zero attached hydrogens (tertiary/aromatic N) is 2. The van der Waals surface area contributed by atoms with E-state index in [0.717, 1.165) is 5.56 Å². The zero-order valence-corrected chi connectivity index (χ0v) is 12.3. The van der Waals surface area contributed by atoms with Crippen LogP contribution in [0.2, 0.25) is 0 Å². The predicted molar refractivity (Wildman–Crippen MR) is 76.8 cm³/mol. The first-order valence-electron chi connectivity index (χ1n) is 6.84. The van der Waals surface area contributed by atoms with Crippen LogP contribution in [0.3, 0.4) is 0 Å². The number of halogens is 1. The van der Waals surface area contributed by atoms with E-state index in [9.17, 15) is 9.18 Å². The molecular weight excluding hydrogens is 259 g/mol. The van der Waals surface area contributed by atoms with Crippen LogP contribution in [0, 0.1) is 5.82 Å². The van der Waals surface area contributed by atoms with Crippen LogP contribution in [0.5, 0.6) is 0 Å². The van der Waals surface area contributed by atoms with Crippen molar-refractivity contribution in [3.63, 3.8) is 0 Å². The average molecular weight is 282 g/mol. The number of likely N-dealkylation sites (N-methyl/N-ethyl adjacent to an activating group) is 2. The highest BCUT2D eigenvalue weighted by Crippen LogP contribution is 2.20. The highest BCUT2D eigenvalue weighted by molar-refractivity contribution is 5.78. The topological polar surface area (TPSA) is 43.8 Å². The smallest absolute Gasteiger partial charge is 0.237 e. The fourth-order valence-electron chi connectivity index (χ4n) is 2.16. The minimum absolute atomic E-state index is 0.000255. The van der Waals surface area contributed by atoms with Gasteiger partial charge in [0, 0.05) is 13.1 Å². The average Bonchev–Trinajstić information content (AvgIpc) is 2.40. The zero-order valence-electron chi connectivity index (χ0n) is 12.3. The monoisotopic (exact) mass is 282 g/mol. The van der Waals surface area contributed by atoms with Crippen LogP contribution >= 0.6 is 0 Å². The predicted octanol–water partition coefficient (Wildman–Crippen LogP) is 1.66. The van der Waals surface area contributed by atoms with Crippen molar-refractivity contribution in [1.82, 2.24) is 9.80 Å². The van der Waals surface area contributed by atoms with Crippen molar-refractivity contribution in [2.45, 2.75) is 19.9 Å². The number of aliphatic hydroxyl groups excluding tert-OH is 1. The van der Waals surface area contributed by atoms with E-state index in [0.29, 0.717) is 13.1 Å². The van der Waals surface area contributed by atoms with Crippen molar-refractivity contribution in [2.24, 2.45) is 0 Å². The Morgan fingerprint density at radius 2 is 1.95 bits per heavy atom. The number of aliphatic hydroxyl groups is 1.